The first-order chi connectivity index (χ1) is 8.00. The van der Waals surface area contributed by atoms with E-state index in [1.165, 1.54) is 4.90 Å². The zero-order chi connectivity index (χ0) is 12.8. The molecule has 0 aliphatic rings. The standard InChI is InChI=1S/C12H16N2O3/c1-14(2)11(15)10(13-12(16)17)8-9-6-4-3-5-7-9/h3-7,10,13H,8H2,1-2H3,(H,16,17). The van der Waals surface area contributed by atoms with Gasteiger partial charge < -0.3 is 15.3 Å². The number of nitrogens with one attached hydrogen (secondary N) is 1. The van der Waals surface area contributed by atoms with Gasteiger partial charge in [-0.2, -0.15) is 0 Å². The van der Waals surface area contributed by atoms with E-state index in [0.29, 0.717) is 6.42 Å². The third kappa shape index (κ3) is 4.14. The van der Waals surface area contributed by atoms with Gasteiger partial charge in [0, 0.05) is 20.5 Å². The summed E-state index contributed by atoms with van der Waals surface area (Å²) in [5.41, 5.74) is 0.918. The quantitative estimate of drug-likeness (QED) is 0.817. The van der Waals surface area contributed by atoms with Crippen molar-refractivity contribution in [1.82, 2.24) is 10.2 Å². The summed E-state index contributed by atoms with van der Waals surface area (Å²) in [6.07, 6.45) is -0.842. The maximum absolute atomic E-state index is 11.8. The molecule has 5 heteroatoms. The van der Waals surface area contributed by atoms with Crippen molar-refractivity contribution in [1.29, 1.82) is 0 Å². The predicted molar refractivity (Wildman–Crippen MR) is 63.8 cm³/mol. The molecule has 1 unspecified atom stereocenters. The molecule has 92 valence electrons. The number of carbonyl (C=O) groups is 2. The lowest BCUT2D eigenvalue weighted by molar-refractivity contribution is -0.130. The fraction of sp³-hybridized carbons (Fsp3) is 0.333. The molecule has 0 aliphatic carbocycles. The van der Waals surface area contributed by atoms with Crippen LogP contribution < -0.4 is 5.32 Å². The van der Waals surface area contributed by atoms with E-state index in [-0.39, 0.29) is 5.91 Å². The number of likely N-dealkylation sites (N-methyl/N-ethyl adjacent to an activating group) is 1. The van der Waals surface area contributed by atoms with Crippen LogP contribution in [0.1, 0.15) is 5.56 Å². The first-order valence-electron chi connectivity index (χ1n) is 5.25. The van der Waals surface area contributed by atoms with Crippen molar-refractivity contribution in [2.45, 2.75) is 12.5 Å². The van der Waals surface area contributed by atoms with Crippen LogP contribution in [0.4, 0.5) is 4.79 Å². The molecule has 0 radical (unpaired) electrons. The minimum absolute atomic E-state index is 0.253. The van der Waals surface area contributed by atoms with Gasteiger partial charge >= 0.3 is 6.09 Å². The molecule has 0 heterocycles. The normalized spacial score (nSPS) is 11.6. The molecule has 17 heavy (non-hydrogen) atoms. The summed E-state index contributed by atoms with van der Waals surface area (Å²) in [7, 11) is 3.20. The summed E-state index contributed by atoms with van der Waals surface area (Å²) < 4.78 is 0. The van der Waals surface area contributed by atoms with Crippen LogP contribution in [0.2, 0.25) is 0 Å². The van der Waals surface area contributed by atoms with Gasteiger partial charge in [0.25, 0.3) is 0 Å². The van der Waals surface area contributed by atoms with Crippen LogP contribution in [0.3, 0.4) is 0 Å². The largest absolute Gasteiger partial charge is 0.465 e. The second-order valence-electron chi connectivity index (χ2n) is 3.92. The maximum Gasteiger partial charge on any atom is 0.405 e. The van der Waals surface area contributed by atoms with Gasteiger partial charge in [-0.15, -0.1) is 0 Å². The Kier molecular flexibility index (Phi) is 4.51. The highest BCUT2D eigenvalue weighted by atomic mass is 16.4. The van der Waals surface area contributed by atoms with Gasteiger partial charge in [-0.3, -0.25) is 4.79 Å². The number of carbonyl (C=O) groups excluding carboxylic acids is 1. The highest BCUT2D eigenvalue weighted by Crippen LogP contribution is 2.05. The van der Waals surface area contributed by atoms with Gasteiger partial charge in [-0.05, 0) is 5.56 Å². The summed E-state index contributed by atoms with van der Waals surface area (Å²) in [5, 5.41) is 10.9. The number of nitrogens with zero attached hydrogens (tertiary/aromatic N) is 1. The average Bonchev–Trinajstić information content (AvgIpc) is 2.28. The predicted octanol–water partition coefficient (Wildman–Crippen LogP) is 0.953. The minimum atomic E-state index is -1.19. The third-order valence-electron chi connectivity index (χ3n) is 2.32. The second kappa shape index (κ2) is 5.89. The number of benzene rings is 1. The molecule has 0 spiro atoms. The van der Waals surface area contributed by atoms with E-state index >= 15 is 0 Å². The van der Waals surface area contributed by atoms with Crippen LogP contribution in [0.15, 0.2) is 30.3 Å². The summed E-state index contributed by atoms with van der Waals surface area (Å²) >= 11 is 0. The molecular weight excluding hydrogens is 220 g/mol. The molecular formula is C12H16N2O3. The molecule has 0 saturated carbocycles. The van der Waals surface area contributed by atoms with Crippen molar-refractivity contribution in [3.05, 3.63) is 35.9 Å². The van der Waals surface area contributed by atoms with E-state index in [0.717, 1.165) is 5.56 Å². The summed E-state index contributed by atoms with van der Waals surface area (Å²) in [6.45, 7) is 0. The Hall–Kier alpha value is -2.04. The van der Waals surface area contributed by atoms with Gasteiger partial charge in [0.15, 0.2) is 0 Å². The molecule has 1 aromatic carbocycles. The summed E-state index contributed by atoms with van der Waals surface area (Å²) in [5.74, 6) is -0.253. The summed E-state index contributed by atoms with van der Waals surface area (Å²) in [4.78, 5) is 23.8. The number of hydrogen-bond acceptors (Lipinski definition) is 2. The molecule has 1 rings (SSSR count). The van der Waals surface area contributed by atoms with Crippen molar-refractivity contribution in [3.63, 3.8) is 0 Å². The van der Waals surface area contributed by atoms with Crippen LogP contribution in [0, 0.1) is 0 Å². The van der Waals surface area contributed by atoms with Crippen LogP contribution in [-0.4, -0.2) is 42.1 Å². The lowest BCUT2D eigenvalue weighted by atomic mass is 10.1. The van der Waals surface area contributed by atoms with E-state index in [4.69, 9.17) is 5.11 Å². The monoisotopic (exact) mass is 236 g/mol. The molecule has 5 nitrogen and oxygen atoms in total. The number of hydrogen-bond donors (Lipinski definition) is 2. The van der Waals surface area contributed by atoms with Gasteiger partial charge in [-0.25, -0.2) is 4.79 Å². The minimum Gasteiger partial charge on any atom is -0.465 e. The topological polar surface area (TPSA) is 69.6 Å². The Bertz CT molecular complexity index is 390. The van der Waals surface area contributed by atoms with E-state index < -0.39 is 12.1 Å². The van der Waals surface area contributed by atoms with Crippen LogP contribution in [-0.2, 0) is 11.2 Å². The first kappa shape index (κ1) is 13.0. The van der Waals surface area contributed by atoms with Crippen molar-refractivity contribution in [2.24, 2.45) is 0 Å². The Labute approximate surface area is 100 Å². The van der Waals surface area contributed by atoms with Crippen molar-refractivity contribution in [2.75, 3.05) is 14.1 Å². The lowest BCUT2D eigenvalue weighted by Crippen LogP contribution is -2.47. The molecule has 0 aliphatic heterocycles. The molecule has 0 bridgehead atoms. The van der Waals surface area contributed by atoms with Gasteiger partial charge in [0.1, 0.15) is 6.04 Å². The Morgan fingerprint density at radius 3 is 2.35 bits per heavy atom. The molecule has 1 aromatic rings. The Morgan fingerprint density at radius 1 is 1.29 bits per heavy atom. The van der Waals surface area contributed by atoms with E-state index in [9.17, 15) is 9.59 Å². The zero-order valence-corrected chi connectivity index (χ0v) is 9.88. The molecule has 0 aromatic heterocycles. The van der Waals surface area contributed by atoms with Crippen molar-refractivity contribution in [3.8, 4) is 0 Å². The number of rotatable bonds is 4. The first-order valence-corrected chi connectivity index (χ1v) is 5.25. The number of amides is 2. The third-order valence-corrected chi connectivity index (χ3v) is 2.32. The fourth-order valence-electron chi connectivity index (χ4n) is 1.51. The van der Waals surface area contributed by atoms with E-state index in [1.54, 1.807) is 14.1 Å². The zero-order valence-electron chi connectivity index (χ0n) is 9.88. The average molecular weight is 236 g/mol. The molecule has 1 atom stereocenters. The van der Waals surface area contributed by atoms with Crippen LogP contribution in [0.5, 0.6) is 0 Å². The van der Waals surface area contributed by atoms with Crippen molar-refractivity contribution >= 4 is 12.0 Å². The van der Waals surface area contributed by atoms with E-state index in [1.807, 2.05) is 30.3 Å². The van der Waals surface area contributed by atoms with Gasteiger partial charge in [-0.1, -0.05) is 30.3 Å². The van der Waals surface area contributed by atoms with Crippen LogP contribution >= 0.6 is 0 Å². The van der Waals surface area contributed by atoms with Gasteiger partial charge in [0.2, 0.25) is 5.91 Å². The molecule has 2 N–H and O–H groups in total. The SMILES string of the molecule is CN(C)C(=O)C(Cc1ccccc1)NC(=O)O. The number of carboxylic acid groups (broad SMARTS) is 1. The van der Waals surface area contributed by atoms with E-state index in [2.05, 4.69) is 5.32 Å². The molecule has 0 fully saturated rings. The van der Waals surface area contributed by atoms with Crippen molar-refractivity contribution < 1.29 is 14.7 Å². The highest BCUT2D eigenvalue weighted by Gasteiger charge is 2.22. The highest BCUT2D eigenvalue weighted by molar-refractivity contribution is 5.85. The lowest BCUT2D eigenvalue weighted by Gasteiger charge is -2.20. The second-order valence-corrected chi connectivity index (χ2v) is 3.92. The fourth-order valence-corrected chi connectivity index (χ4v) is 1.51. The van der Waals surface area contributed by atoms with Gasteiger partial charge in [0.05, 0.1) is 0 Å². The molecule has 0 saturated heterocycles. The molecule has 2 amide bonds. The Morgan fingerprint density at radius 2 is 1.88 bits per heavy atom. The smallest absolute Gasteiger partial charge is 0.405 e. The summed E-state index contributed by atoms with van der Waals surface area (Å²) in [6, 6.07) is 8.56. The maximum atomic E-state index is 11.8. The Balaban J connectivity index is 2.77. The van der Waals surface area contributed by atoms with Crippen LogP contribution in [0.25, 0.3) is 0 Å².